The van der Waals surface area contributed by atoms with E-state index in [1.165, 1.54) is 75.8 Å². The van der Waals surface area contributed by atoms with E-state index in [-0.39, 0.29) is 5.41 Å². The van der Waals surface area contributed by atoms with Crippen molar-refractivity contribution in [2.24, 2.45) is 0 Å². The molecule has 0 aliphatic heterocycles. The second-order valence-electron chi connectivity index (χ2n) is 15.4. The van der Waals surface area contributed by atoms with E-state index in [1.807, 2.05) is 0 Å². The van der Waals surface area contributed by atoms with Gasteiger partial charge in [-0.15, -0.1) is 11.3 Å². The summed E-state index contributed by atoms with van der Waals surface area (Å²) in [4.78, 5) is 12.0. The van der Waals surface area contributed by atoms with E-state index in [2.05, 4.69) is 182 Å². The maximum Gasteiger partial charge on any atom is 0.236 e. The summed E-state index contributed by atoms with van der Waals surface area (Å²) in [6, 6.07) is 59.7. The Kier molecular flexibility index (Phi) is 6.27. The van der Waals surface area contributed by atoms with Gasteiger partial charge in [-0.3, -0.25) is 4.57 Å². The molecule has 3 nitrogen and oxygen atoms in total. The molecular weight excluding hydrogens is 687 g/mol. The summed E-state index contributed by atoms with van der Waals surface area (Å²) in [5, 5.41) is 9.67. The first-order valence-corrected chi connectivity index (χ1v) is 19.7. The number of rotatable bonds is 3. The predicted octanol–water partition coefficient (Wildman–Crippen LogP) is 13.9. The first kappa shape index (κ1) is 30.8. The molecule has 0 amide bonds. The highest BCUT2D eigenvalue weighted by Gasteiger charge is 2.36. The van der Waals surface area contributed by atoms with Crippen molar-refractivity contribution in [1.82, 2.24) is 14.5 Å². The van der Waals surface area contributed by atoms with Gasteiger partial charge in [-0.25, -0.2) is 9.97 Å². The van der Waals surface area contributed by atoms with Gasteiger partial charge in [-0.05, 0) is 85.3 Å². The van der Waals surface area contributed by atoms with Gasteiger partial charge in [0, 0.05) is 37.2 Å². The highest BCUT2D eigenvalue weighted by atomic mass is 32.1. The summed E-state index contributed by atoms with van der Waals surface area (Å²) in [5.74, 6) is 0.682. The summed E-state index contributed by atoms with van der Waals surface area (Å²) in [5.41, 5.74) is 12.0. The van der Waals surface area contributed by atoms with E-state index < -0.39 is 0 Å². The van der Waals surface area contributed by atoms with Crippen molar-refractivity contribution >= 4 is 75.0 Å². The molecule has 8 aromatic carbocycles. The fraction of sp³-hybridized carbons (Fsp3) is 0.0588. The van der Waals surface area contributed by atoms with E-state index in [0.29, 0.717) is 5.95 Å². The minimum atomic E-state index is -0.0732. The maximum absolute atomic E-state index is 5.57. The Morgan fingerprint density at radius 1 is 0.491 bits per heavy atom. The number of benzene rings is 8. The smallest absolute Gasteiger partial charge is 0.236 e. The van der Waals surface area contributed by atoms with Crippen molar-refractivity contribution in [3.63, 3.8) is 0 Å². The van der Waals surface area contributed by atoms with Crippen molar-refractivity contribution in [3.05, 3.63) is 175 Å². The highest BCUT2D eigenvalue weighted by Crippen LogP contribution is 2.52. The maximum atomic E-state index is 5.57. The summed E-state index contributed by atoms with van der Waals surface area (Å²) in [6.07, 6.45) is 0. The molecule has 0 saturated heterocycles. The molecule has 3 aromatic heterocycles. The number of nitrogens with zero attached hydrogens (tertiary/aromatic N) is 3. The van der Waals surface area contributed by atoms with Crippen molar-refractivity contribution in [1.29, 1.82) is 0 Å². The lowest BCUT2D eigenvalue weighted by Crippen LogP contribution is -2.14. The van der Waals surface area contributed by atoms with Crippen LogP contribution in [0.5, 0.6) is 0 Å². The molecule has 0 radical (unpaired) electrons. The van der Waals surface area contributed by atoms with Gasteiger partial charge < -0.3 is 0 Å². The van der Waals surface area contributed by atoms with Gasteiger partial charge in [-0.2, -0.15) is 0 Å². The van der Waals surface area contributed by atoms with E-state index in [1.54, 1.807) is 11.3 Å². The molecule has 1 aliphatic rings. The zero-order chi connectivity index (χ0) is 36.4. The molecule has 55 heavy (non-hydrogen) atoms. The molecule has 258 valence electrons. The van der Waals surface area contributed by atoms with E-state index in [0.717, 1.165) is 32.5 Å². The number of fused-ring (bicyclic) bond motifs is 13. The molecule has 3 heterocycles. The van der Waals surface area contributed by atoms with Crippen LogP contribution < -0.4 is 0 Å². The molecular formula is C51H33N3S. The van der Waals surface area contributed by atoms with Crippen molar-refractivity contribution < 1.29 is 0 Å². The van der Waals surface area contributed by atoms with Crippen LogP contribution in [-0.4, -0.2) is 14.5 Å². The highest BCUT2D eigenvalue weighted by molar-refractivity contribution is 7.25. The first-order valence-electron chi connectivity index (χ1n) is 18.9. The van der Waals surface area contributed by atoms with Crippen LogP contribution in [0.4, 0.5) is 0 Å². The zero-order valence-corrected chi connectivity index (χ0v) is 31.2. The molecule has 0 spiro atoms. The number of thiophene rings is 1. The van der Waals surface area contributed by atoms with Crippen molar-refractivity contribution in [2.45, 2.75) is 19.3 Å². The van der Waals surface area contributed by atoms with Gasteiger partial charge in [0.2, 0.25) is 5.95 Å². The fourth-order valence-corrected chi connectivity index (χ4v) is 10.5. The lowest BCUT2D eigenvalue weighted by Gasteiger charge is -2.21. The number of hydrogen-bond donors (Lipinski definition) is 0. The van der Waals surface area contributed by atoms with Gasteiger partial charge in [0.1, 0.15) is 4.83 Å². The van der Waals surface area contributed by atoms with Crippen molar-refractivity contribution in [2.75, 3.05) is 0 Å². The average molecular weight is 720 g/mol. The summed E-state index contributed by atoms with van der Waals surface area (Å²) < 4.78 is 3.52. The molecule has 12 rings (SSSR count). The fourth-order valence-electron chi connectivity index (χ4n) is 9.40. The SMILES string of the molecule is CC1(C)c2ccccc2-c2c1ccc1cc3c(cc21)c1cc(-c2ccccc2)ccc1n3-c1nc(-c2ccccc2)c2c(n1)sc1ccc3ccccc3c12. The first-order chi connectivity index (χ1) is 27.0. The third-order valence-electron chi connectivity index (χ3n) is 12.0. The van der Waals surface area contributed by atoms with Crippen LogP contribution in [0.1, 0.15) is 25.0 Å². The predicted molar refractivity (Wildman–Crippen MR) is 233 cm³/mol. The standard InChI is InChI=1S/C51H33N3S/c1-51(2)40-20-12-11-19-36(40)45-37-29-39-38-27-33(30-13-5-3-6-14-30)22-25-42(38)54(43(39)28-34(37)21-24-41(45)51)50-52-48(32-16-7-4-8-17-32)47-46-35-18-10-9-15-31(35)23-26-44(46)55-49(47)53-50/h3-29H,1-2H3. The van der Waals surface area contributed by atoms with Crippen LogP contribution in [-0.2, 0) is 5.41 Å². The second kappa shape index (κ2) is 11.2. The van der Waals surface area contributed by atoms with Gasteiger partial charge >= 0.3 is 0 Å². The average Bonchev–Trinajstić information content (AvgIpc) is 3.85. The molecule has 1 aliphatic carbocycles. The third kappa shape index (κ3) is 4.31. The summed E-state index contributed by atoms with van der Waals surface area (Å²) in [7, 11) is 0. The summed E-state index contributed by atoms with van der Waals surface area (Å²) >= 11 is 1.75. The van der Waals surface area contributed by atoms with Gasteiger partial charge in [0.05, 0.1) is 16.7 Å². The molecule has 0 atom stereocenters. The molecule has 11 aromatic rings. The van der Waals surface area contributed by atoms with Gasteiger partial charge in [0.25, 0.3) is 0 Å². The molecule has 0 unspecified atom stereocenters. The normalized spacial score (nSPS) is 13.4. The number of hydrogen-bond acceptors (Lipinski definition) is 3. The molecule has 0 saturated carbocycles. The van der Waals surface area contributed by atoms with E-state index >= 15 is 0 Å². The zero-order valence-electron chi connectivity index (χ0n) is 30.3. The Bertz CT molecular complexity index is 3390. The Balaban J connectivity index is 1.21. The molecule has 0 fully saturated rings. The Morgan fingerprint density at radius 3 is 2.07 bits per heavy atom. The largest absolute Gasteiger partial charge is 0.278 e. The van der Waals surface area contributed by atoms with E-state index in [9.17, 15) is 0 Å². The van der Waals surface area contributed by atoms with Crippen LogP contribution in [0, 0.1) is 0 Å². The molecule has 0 N–H and O–H groups in total. The van der Waals surface area contributed by atoms with Gasteiger partial charge in [-0.1, -0.05) is 147 Å². The summed E-state index contributed by atoms with van der Waals surface area (Å²) in [6.45, 7) is 4.71. The second-order valence-corrected chi connectivity index (χ2v) is 16.4. The van der Waals surface area contributed by atoms with Crippen LogP contribution in [0.25, 0.3) is 103 Å². The topological polar surface area (TPSA) is 30.7 Å². The van der Waals surface area contributed by atoms with E-state index in [4.69, 9.17) is 9.97 Å². The Labute approximate surface area is 321 Å². The van der Waals surface area contributed by atoms with Crippen LogP contribution >= 0.6 is 11.3 Å². The van der Waals surface area contributed by atoms with Crippen LogP contribution in [0.2, 0.25) is 0 Å². The Hall–Kier alpha value is -6.62. The van der Waals surface area contributed by atoms with Gasteiger partial charge in [0.15, 0.2) is 0 Å². The monoisotopic (exact) mass is 719 g/mol. The van der Waals surface area contributed by atoms with Crippen molar-refractivity contribution in [3.8, 4) is 39.5 Å². The number of aromatic nitrogens is 3. The lowest BCUT2D eigenvalue weighted by atomic mass is 9.82. The lowest BCUT2D eigenvalue weighted by molar-refractivity contribution is 0.661. The quantitative estimate of drug-likeness (QED) is 0.182. The minimum absolute atomic E-state index is 0.0732. The Morgan fingerprint density at radius 2 is 1.22 bits per heavy atom. The molecule has 4 heteroatoms. The minimum Gasteiger partial charge on any atom is -0.278 e. The third-order valence-corrected chi connectivity index (χ3v) is 13.1. The molecule has 0 bridgehead atoms. The van der Waals surface area contributed by atoms with Crippen LogP contribution in [0.15, 0.2) is 164 Å². The van der Waals surface area contributed by atoms with Crippen LogP contribution in [0.3, 0.4) is 0 Å².